The molecule has 1 amide bonds. The van der Waals surface area contributed by atoms with Gasteiger partial charge in [-0.05, 0) is 37.6 Å². The first-order valence-electron chi connectivity index (χ1n) is 9.96. The standard InChI is InChI=1S/C23H30N2O4/c1-16-14-25(15-17(2)29-16)23(26)19-10-8-18(9-11-19)12-24-13-20-6-5-7-21(27-3)22(20)28-4/h5-11,16-17,24H,12-15H2,1-4H3/t16-,17-/m1/s1. The van der Waals surface area contributed by atoms with E-state index in [9.17, 15) is 4.79 Å². The van der Waals surface area contributed by atoms with Crippen molar-refractivity contribution in [1.82, 2.24) is 10.2 Å². The number of nitrogens with one attached hydrogen (secondary N) is 1. The molecule has 0 unspecified atom stereocenters. The van der Waals surface area contributed by atoms with Gasteiger partial charge in [0.25, 0.3) is 5.91 Å². The van der Waals surface area contributed by atoms with Crippen molar-refractivity contribution in [3.8, 4) is 11.5 Å². The first kappa shape index (κ1) is 21.1. The molecule has 0 aromatic heterocycles. The van der Waals surface area contributed by atoms with Crippen molar-refractivity contribution < 1.29 is 19.0 Å². The topological polar surface area (TPSA) is 60.0 Å². The zero-order chi connectivity index (χ0) is 20.8. The van der Waals surface area contributed by atoms with Gasteiger partial charge >= 0.3 is 0 Å². The lowest BCUT2D eigenvalue weighted by Crippen LogP contribution is -2.48. The molecule has 0 aliphatic carbocycles. The molecule has 1 fully saturated rings. The number of ether oxygens (including phenoxy) is 3. The van der Waals surface area contributed by atoms with E-state index in [0.717, 1.165) is 22.6 Å². The molecule has 0 bridgehead atoms. The van der Waals surface area contributed by atoms with Crippen LogP contribution < -0.4 is 14.8 Å². The number of benzene rings is 2. The number of hydrogen-bond acceptors (Lipinski definition) is 5. The third kappa shape index (κ3) is 5.28. The molecule has 1 heterocycles. The van der Waals surface area contributed by atoms with Crippen LogP contribution in [0.3, 0.4) is 0 Å². The highest BCUT2D eigenvalue weighted by Crippen LogP contribution is 2.30. The Morgan fingerprint density at radius 1 is 1.03 bits per heavy atom. The summed E-state index contributed by atoms with van der Waals surface area (Å²) in [6.45, 7) is 6.62. The fraction of sp³-hybridized carbons (Fsp3) is 0.435. The highest BCUT2D eigenvalue weighted by molar-refractivity contribution is 5.94. The SMILES string of the molecule is COc1cccc(CNCc2ccc(C(=O)N3C[C@@H](C)O[C@H](C)C3)cc2)c1OC. The second-order valence-corrected chi connectivity index (χ2v) is 7.42. The van der Waals surface area contributed by atoms with Gasteiger partial charge < -0.3 is 24.4 Å². The van der Waals surface area contributed by atoms with Crippen molar-refractivity contribution in [2.24, 2.45) is 0 Å². The molecule has 6 nitrogen and oxygen atoms in total. The van der Waals surface area contributed by atoms with Gasteiger partial charge in [0.15, 0.2) is 11.5 Å². The van der Waals surface area contributed by atoms with Gasteiger partial charge in [-0.2, -0.15) is 0 Å². The molecule has 1 aliphatic heterocycles. The average molecular weight is 399 g/mol. The van der Waals surface area contributed by atoms with Crippen LogP contribution in [0.1, 0.15) is 35.3 Å². The third-order valence-corrected chi connectivity index (χ3v) is 5.04. The second-order valence-electron chi connectivity index (χ2n) is 7.42. The molecule has 2 aromatic rings. The van der Waals surface area contributed by atoms with Gasteiger partial charge in [-0.3, -0.25) is 4.79 Å². The number of carbonyl (C=O) groups is 1. The van der Waals surface area contributed by atoms with Crippen molar-refractivity contribution >= 4 is 5.91 Å². The molecule has 6 heteroatoms. The van der Waals surface area contributed by atoms with Gasteiger partial charge in [0.1, 0.15) is 0 Å². The van der Waals surface area contributed by atoms with Crippen LogP contribution in [0.2, 0.25) is 0 Å². The monoisotopic (exact) mass is 398 g/mol. The summed E-state index contributed by atoms with van der Waals surface area (Å²) in [5.74, 6) is 1.53. The molecular weight excluding hydrogens is 368 g/mol. The summed E-state index contributed by atoms with van der Waals surface area (Å²) >= 11 is 0. The quantitative estimate of drug-likeness (QED) is 0.776. The maximum Gasteiger partial charge on any atom is 0.254 e. The van der Waals surface area contributed by atoms with Gasteiger partial charge in [0.05, 0.1) is 26.4 Å². The van der Waals surface area contributed by atoms with E-state index in [2.05, 4.69) is 5.32 Å². The Hall–Kier alpha value is -2.57. The Bertz CT molecular complexity index is 812. The van der Waals surface area contributed by atoms with Gasteiger partial charge in [-0.25, -0.2) is 0 Å². The summed E-state index contributed by atoms with van der Waals surface area (Å²) in [7, 11) is 3.28. The molecule has 1 aliphatic rings. The number of nitrogens with zero attached hydrogens (tertiary/aromatic N) is 1. The Labute approximate surface area is 172 Å². The summed E-state index contributed by atoms with van der Waals surface area (Å²) in [4.78, 5) is 14.6. The Balaban J connectivity index is 1.57. The summed E-state index contributed by atoms with van der Waals surface area (Å²) in [5, 5.41) is 3.42. The molecule has 3 rings (SSSR count). The van der Waals surface area contributed by atoms with Gasteiger partial charge in [0.2, 0.25) is 0 Å². The number of para-hydroxylation sites is 1. The predicted molar refractivity (Wildman–Crippen MR) is 112 cm³/mol. The number of methoxy groups -OCH3 is 2. The minimum absolute atomic E-state index is 0.0626. The predicted octanol–water partition coefficient (Wildman–Crippen LogP) is 3.24. The molecule has 2 atom stereocenters. The molecule has 29 heavy (non-hydrogen) atoms. The fourth-order valence-corrected chi connectivity index (χ4v) is 3.73. The van der Waals surface area contributed by atoms with E-state index >= 15 is 0 Å². The summed E-state index contributed by atoms with van der Waals surface area (Å²) in [6, 6.07) is 13.6. The van der Waals surface area contributed by atoms with Crippen LogP contribution in [0.4, 0.5) is 0 Å². The molecule has 1 saturated heterocycles. The van der Waals surface area contributed by atoms with E-state index in [0.29, 0.717) is 31.7 Å². The molecule has 0 saturated carbocycles. The Morgan fingerprint density at radius 2 is 1.72 bits per heavy atom. The van der Waals surface area contributed by atoms with Gasteiger partial charge in [-0.1, -0.05) is 24.3 Å². The van der Waals surface area contributed by atoms with E-state index in [-0.39, 0.29) is 18.1 Å². The first-order valence-corrected chi connectivity index (χ1v) is 9.96. The van der Waals surface area contributed by atoms with E-state index in [1.54, 1.807) is 14.2 Å². The van der Waals surface area contributed by atoms with Crippen LogP contribution in [0.25, 0.3) is 0 Å². The lowest BCUT2D eigenvalue weighted by Gasteiger charge is -2.35. The summed E-state index contributed by atoms with van der Waals surface area (Å²) in [5.41, 5.74) is 2.87. The zero-order valence-corrected chi connectivity index (χ0v) is 17.6. The minimum atomic E-state index is 0.0626. The van der Waals surface area contributed by atoms with Crippen molar-refractivity contribution in [3.05, 3.63) is 59.2 Å². The largest absolute Gasteiger partial charge is 0.493 e. The van der Waals surface area contributed by atoms with Gasteiger partial charge in [-0.15, -0.1) is 0 Å². The molecule has 0 spiro atoms. The van der Waals surface area contributed by atoms with Crippen LogP contribution in [0.5, 0.6) is 11.5 Å². The molecule has 0 radical (unpaired) electrons. The van der Waals surface area contributed by atoms with E-state index in [1.807, 2.05) is 61.2 Å². The van der Waals surface area contributed by atoms with E-state index < -0.39 is 0 Å². The van der Waals surface area contributed by atoms with Crippen LogP contribution >= 0.6 is 0 Å². The first-order chi connectivity index (χ1) is 14.0. The summed E-state index contributed by atoms with van der Waals surface area (Å²) < 4.78 is 16.5. The number of hydrogen-bond donors (Lipinski definition) is 1. The lowest BCUT2D eigenvalue weighted by molar-refractivity contribution is -0.0586. The maximum absolute atomic E-state index is 12.8. The van der Waals surface area contributed by atoms with Crippen molar-refractivity contribution in [2.45, 2.75) is 39.1 Å². The lowest BCUT2D eigenvalue weighted by atomic mass is 10.1. The number of rotatable bonds is 7. The normalized spacial score (nSPS) is 19.1. The fourth-order valence-electron chi connectivity index (χ4n) is 3.73. The van der Waals surface area contributed by atoms with Crippen LogP contribution in [0.15, 0.2) is 42.5 Å². The third-order valence-electron chi connectivity index (χ3n) is 5.04. The number of morpholine rings is 1. The molecular formula is C23H30N2O4. The highest BCUT2D eigenvalue weighted by atomic mass is 16.5. The van der Waals surface area contributed by atoms with E-state index in [4.69, 9.17) is 14.2 Å². The van der Waals surface area contributed by atoms with Crippen molar-refractivity contribution in [1.29, 1.82) is 0 Å². The zero-order valence-electron chi connectivity index (χ0n) is 17.6. The summed E-state index contributed by atoms with van der Waals surface area (Å²) in [6.07, 6.45) is 0.138. The maximum atomic E-state index is 12.8. The number of carbonyl (C=O) groups excluding carboxylic acids is 1. The highest BCUT2D eigenvalue weighted by Gasteiger charge is 2.26. The number of amides is 1. The molecule has 2 aromatic carbocycles. The van der Waals surface area contributed by atoms with Crippen molar-refractivity contribution in [2.75, 3.05) is 27.3 Å². The van der Waals surface area contributed by atoms with Crippen LogP contribution in [0, 0.1) is 0 Å². The second kappa shape index (κ2) is 9.76. The van der Waals surface area contributed by atoms with Gasteiger partial charge in [0, 0.05) is 37.3 Å². The van der Waals surface area contributed by atoms with Crippen LogP contribution in [-0.4, -0.2) is 50.3 Å². The molecule has 156 valence electrons. The van der Waals surface area contributed by atoms with Crippen LogP contribution in [-0.2, 0) is 17.8 Å². The van der Waals surface area contributed by atoms with E-state index in [1.165, 1.54) is 0 Å². The Kier molecular flexibility index (Phi) is 7.12. The average Bonchev–Trinajstić information content (AvgIpc) is 2.72. The molecule has 1 N–H and O–H groups in total. The van der Waals surface area contributed by atoms with Crippen molar-refractivity contribution in [3.63, 3.8) is 0 Å². The smallest absolute Gasteiger partial charge is 0.254 e. The minimum Gasteiger partial charge on any atom is -0.493 e. The Morgan fingerprint density at radius 3 is 2.34 bits per heavy atom.